The first kappa shape index (κ1) is 15.0. The van der Waals surface area contributed by atoms with Crippen molar-refractivity contribution in [1.82, 2.24) is 10.2 Å². The van der Waals surface area contributed by atoms with Crippen LogP contribution in [0.5, 0.6) is 0 Å². The highest BCUT2D eigenvalue weighted by molar-refractivity contribution is 7.98. The molecule has 0 heterocycles. The van der Waals surface area contributed by atoms with E-state index in [2.05, 4.69) is 23.4 Å². The molecule has 0 fully saturated rings. The highest BCUT2D eigenvalue weighted by Crippen LogP contribution is 2.03. The van der Waals surface area contributed by atoms with Gasteiger partial charge in [-0.15, -0.1) is 0 Å². The van der Waals surface area contributed by atoms with Crippen molar-refractivity contribution < 1.29 is 4.74 Å². The van der Waals surface area contributed by atoms with Gasteiger partial charge in [0.2, 0.25) is 0 Å². The van der Waals surface area contributed by atoms with E-state index in [1.807, 2.05) is 18.8 Å². The molecule has 0 aromatic carbocycles. The van der Waals surface area contributed by atoms with Gasteiger partial charge in [-0.05, 0) is 31.8 Å². The van der Waals surface area contributed by atoms with E-state index in [-0.39, 0.29) is 0 Å². The molecule has 1 unspecified atom stereocenters. The zero-order chi connectivity index (χ0) is 11.7. The largest absolute Gasteiger partial charge is 0.385 e. The van der Waals surface area contributed by atoms with Crippen LogP contribution < -0.4 is 5.32 Å². The quantitative estimate of drug-likeness (QED) is 0.546. The first-order valence-electron chi connectivity index (χ1n) is 5.12. The molecule has 0 aliphatic carbocycles. The molecule has 0 aliphatic rings. The molecule has 0 amide bonds. The van der Waals surface area contributed by atoms with E-state index in [0.29, 0.717) is 6.04 Å². The van der Waals surface area contributed by atoms with Crippen LogP contribution in [0.2, 0.25) is 0 Å². The first-order chi connectivity index (χ1) is 7.13. The zero-order valence-electron chi connectivity index (χ0n) is 10.1. The van der Waals surface area contributed by atoms with Crippen LogP contribution in [-0.2, 0) is 4.74 Å². The van der Waals surface area contributed by atoms with Crippen molar-refractivity contribution in [3.05, 3.63) is 0 Å². The minimum atomic E-state index is 0.474. The SMILES string of the molecule is COCCCNC(=S)N(C)C(C)CSC. The molecule has 0 aromatic rings. The Labute approximate surface area is 103 Å². The molecule has 5 heteroatoms. The van der Waals surface area contributed by atoms with E-state index in [0.717, 1.165) is 30.4 Å². The van der Waals surface area contributed by atoms with Crippen LogP contribution in [0.25, 0.3) is 0 Å². The molecule has 1 N–H and O–H groups in total. The lowest BCUT2D eigenvalue weighted by atomic mass is 10.3. The van der Waals surface area contributed by atoms with Gasteiger partial charge in [-0.25, -0.2) is 0 Å². The van der Waals surface area contributed by atoms with E-state index in [9.17, 15) is 0 Å². The summed E-state index contributed by atoms with van der Waals surface area (Å²) in [4.78, 5) is 2.11. The van der Waals surface area contributed by atoms with Crippen molar-refractivity contribution in [2.24, 2.45) is 0 Å². The molecule has 90 valence electrons. The van der Waals surface area contributed by atoms with E-state index in [1.165, 1.54) is 0 Å². The van der Waals surface area contributed by atoms with Crippen molar-refractivity contribution >= 4 is 29.1 Å². The lowest BCUT2D eigenvalue weighted by molar-refractivity contribution is 0.195. The van der Waals surface area contributed by atoms with Crippen LogP contribution in [0.15, 0.2) is 0 Å². The van der Waals surface area contributed by atoms with Gasteiger partial charge in [0.15, 0.2) is 5.11 Å². The molecule has 0 spiro atoms. The van der Waals surface area contributed by atoms with Crippen LogP contribution in [0.4, 0.5) is 0 Å². The van der Waals surface area contributed by atoms with Crippen molar-refractivity contribution in [3.8, 4) is 0 Å². The third kappa shape index (κ3) is 6.98. The van der Waals surface area contributed by atoms with Gasteiger partial charge in [-0.2, -0.15) is 11.8 Å². The number of methoxy groups -OCH3 is 1. The van der Waals surface area contributed by atoms with Gasteiger partial charge in [-0.3, -0.25) is 0 Å². The van der Waals surface area contributed by atoms with Crippen molar-refractivity contribution in [2.75, 3.05) is 39.3 Å². The van der Waals surface area contributed by atoms with Gasteiger partial charge in [0.05, 0.1) is 0 Å². The summed E-state index contributed by atoms with van der Waals surface area (Å²) in [6.45, 7) is 3.84. The number of hydrogen-bond acceptors (Lipinski definition) is 3. The third-order valence-electron chi connectivity index (χ3n) is 2.19. The number of hydrogen-bond donors (Lipinski definition) is 1. The van der Waals surface area contributed by atoms with E-state index >= 15 is 0 Å². The van der Waals surface area contributed by atoms with Gasteiger partial charge < -0.3 is 15.0 Å². The molecule has 15 heavy (non-hydrogen) atoms. The smallest absolute Gasteiger partial charge is 0.168 e. The number of ether oxygens (including phenoxy) is 1. The number of nitrogens with one attached hydrogen (secondary N) is 1. The lowest BCUT2D eigenvalue weighted by Gasteiger charge is -2.27. The normalized spacial score (nSPS) is 12.3. The predicted octanol–water partition coefficient (Wildman–Crippen LogP) is 1.58. The van der Waals surface area contributed by atoms with E-state index in [4.69, 9.17) is 17.0 Å². The van der Waals surface area contributed by atoms with Crippen LogP contribution in [0.3, 0.4) is 0 Å². The second kappa shape index (κ2) is 9.24. The Morgan fingerprint density at radius 1 is 1.60 bits per heavy atom. The molecule has 0 saturated carbocycles. The summed E-state index contributed by atoms with van der Waals surface area (Å²) < 4.78 is 4.97. The highest BCUT2D eigenvalue weighted by Gasteiger charge is 2.10. The molecule has 0 bridgehead atoms. The van der Waals surface area contributed by atoms with E-state index < -0.39 is 0 Å². The fraction of sp³-hybridized carbons (Fsp3) is 0.900. The minimum Gasteiger partial charge on any atom is -0.385 e. The second-order valence-electron chi connectivity index (χ2n) is 3.49. The zero-order valence-corrected chi connectivity index (χ0v) is 11.7. The Hall–Kier alpha value is 0. The first-order valence-corrected chi connectivity index (χ1v) is 6.92. The molecule has 0 rings (SSSR count). The maximum absolute atomic E-state index is 5.28. The van der Waals surface area contributed by atoms with Crippen LogP contribution in [0.1, 0.15) is 13.3 Å². The highest BCUT2D eigenvalue weighted by atomic mass is 32.2. The van der Waals surface area contributed by atoms with E-state index in [1.54, 1.807) is 7.11 Å². The third-order valence-corrected chi connectivity index (χ3v) is 3.44. The molecular formula is C10H22N2OS2. The summed E-state index contributed by atoms with van der Waals surface area (Å²) in [5, 5.41) is 4.05. The average molecular weight is 250 g/mol. The van der Waals surface area contributed by atoms with Gasteiger partial charge in [0.25, 0.3) is 0 Å². The molecule has 0 radical (unpaired) electrons. The molecule has 0 saturated heterocycles. The monoisotopic (exact) mass is 250 g/mol. The minimum absolute atomic E-state index is 0.474. The summed E-state index contributed by atoms with van der Waals surface area (Å²) >= 11 is 7.12. The molecule has 3 nitrogen and oxygen atoms in total. The van der Waals surface area contributed by atoms with Gasteiger partial charge in [0.1, 0.15) is 0 Å². The van der Waals surface area contributed by atoms with Gasteiger partial charge in [-0.1, -0.05) is 0 Å². The fourth-order valence-electron chi connectivity index (χ4n) is 1.09. The summed E-state index contributed by atoms with van der Waals surface area (Å²) in [5.41, 5.74) is 0. The fourth-order valence-corrected chi connectivity index (χ4v) is 2.08. The average Bonchev–Trinajstić information content (AvgIpc) is 2.23. The molecule has 0 aromatic heterocycles. The van der Waals surface area contributed by atoms with Crippen molar-refractivity contribution in [3.63, 3.8) is 0 Å². The molecule has 0 aliphatic heterocycles. The number of thiocarbonyl (C=S) groups is 1. The maximum atomic E-state index is 5.28. The predicted molar refractivity (Wildman–Crippen MR) is 72.7 cm³/mol. The standard InChI is InChI=1S/C10H22N2OS2/c1-9(8-15-4)12(2)10(14)11-6-5-7-13-3/h9H,5-8H2,1-4H3,(H,11,14). The number of thioether (sulfide) groups is 1. The summed E-state index contributed by atoms with van der Waals surface area (Å²) in [6.07, 6.45) is 3.10. The Bertz CT molecular complexity index is 179. The molecular weight excluding hydrogens is 228 g/mol. The van der Waals surface area contributed by atoms with Gasteiger partial charge in [0, 0.05) is 39.1 Å². The summed E-state index contributed by atoms with van der Waals surface area (Å²) in [6, 6.07) is 0.474. The Morgan fingerprint density at radius 3 is 2.80 bits per heavy atom. The topological polar surface area (TPSA) is 24.5 Å². The van der Waals surface area contributed by atoms with Crippen LogP contribution in [0, 0.1) is 0 Å². The summed E-state index contributed by atoms with van der Waals surface area (Å²) in [7, 11) is 3.75. The van der Waals surface area contributed by atoms with Crippen molar-refractivity contribution in [1.29, 1.82) is 0 Å². The lowest BCUT2D eigenvalue weighted by Crippen LogP contribution is -2.43. The van der Waals surface area contributed by atoms with Crippen LogP contribution >= 0.6 is 24.0 Å². The Balaban J connectivity index is 3.68. The van der Waals surface area contributed by atoms with Crippen molar-refractivity contribution in [2.45, 2.75) is 19.4 Å². The molecule has 1 atom stereocenters. The Kier molecular flexibility index (Phi) is 9.24. The number of rotatable bonds is 7. The van der Waals surface area contributed by atoms with Crippen LogP contribution in [-0.4, -0.2) is 55.4 Å². The maximum Gasteiger partial charge on any atom is 0.168 e. The van der Waals surface area contributed by atoms with Gasteiger partial charge >= 0.3 is 0 Å². The summed E-state index contributed by atoms with van der Waals surface area (Å²) in [5.74, 6) is 1.09. The Morgan fingerprint density at radius 2 is 2.27 bits per heavy atom. The second-order valence-corrected chi connectivity index (χ2v) is 4.79. The number of nitrogens with zero attached hydrogens (tertiary/aromatic N) is 1.